The standard InChI is InChI=1S/C13H24ClNO/c1-10(14)9-11(2)15-13(16)12-7-5-3-4-6-8-12/h10-12H,3-9H2,1-2H3,(H,15,16). The van der Waals surface area contributed by atoms with Crippen LogP contribution in [0.4, 0.5) is 0 Å². The van der Waals surface area contributed by atoms with Crippen molar-refractivity contribution >= 4 is 17.5 Å². The second kappa shape index (κ2) is 7.16. The largest absolute Gasteiger partial charge is 0.353 e. The SMILES string of the molecule is CC(Cl)CC(C)NC(=O)C1CCCCCC1. The quantitative estimate of drug-likeness (QED) is 0.596. The average molecular weight is 246 g/mol. The van der Waals surface area contributed by atoms with Gasteiger partial charge in [-0.2, -0.15) is 0 Å². The van der Waals surface area contributed by atoms with E-state index in [1.165, 1.54) is 25.7 Å². The first-order valence-corrected chi connectivity index (χ1v) is 6.97. The van der Waals surface area contributed by atoms with Gasteiger partial charge in [-0.05, 0) is 33.1 Å². The van der Waals surface area contributed by atoms with Gasteiger partial charge in [0.15, 0.2) is 0 Å². The molecule has 0 aliphatic heterocycles. The molecule has 1 rings (SSSR count). The summed E-state index contributed by atoms with van der Waals surface area (Å²) in [6.45, 7) is 4.00. The third-order valence-electron chi connectivity index (χ3n) is 3.29. The summed E-state index contributed by atoms with van der Waals surface area (Å²) in [4.78, 5) is 12.0. The Balaban J connectivity index is 2.32. The number of amides is 1. The molecule has 0 aromatic heterocycles. The van der Waals surface area contributed by atoms with Crippen molar-refractivity contribution in [3.8, 4) is 0 Å². The van der Waals surface area contributed by atoms with Gasteiger partial charge in [-0.15, -0.1) is 11.6 Å². The zero-order chi connectivity index (χ0) is 12.0. The van der Waals surface area contributed by atoms with Crippen LogP contribution in [-0.2, 0) is 4.79 Å². The minimum absolute atomic E-state index is 0.129. The minimum Gasteiger partial charge on any atom is -0.353 e. The van der Waals surface area contributed by atoms with Crippen LogP contribution in [0.5, 0.6) is 0 Å². The average Bonchev–Trinajstić information content (AvgIpc) is 2.43. The summed E-state index contributed by atoms with van der Waals surface area (Å²) in [5, 5.41) is 3.21. The van der Waals surface area contributed by atoms with Crippen molar-refractivity contribution in [2.75, 3.05) is 0 Å². The van der Waals surface area contributed by atoms with Crippen LogP contribution in [0.25, 0.3) is 0 Å². The first-order chi connectivity index (χ1) is 7.59. The zero-order valence-electron chi connectivity index (χ0n) is 10.5. The number of nitrogens with one attached hydrogen (secondary N) is 1. The summed E-state index contributed by atoms with van der Waals surface area (Å²) < 4.78 is 0. The summed E-state index contributed by atoms with van der Waals surface area (Å²) in [5.74, 6) is 0.488. The molecule has 1 aliphatic carbocycles. The summed E-state index contributed by atoms with van der Waals surface area (Å²) in [6, 6.07) is 0.197. The number of hydrogen-bond donors (Lipinski definition) is 1. The van der Waals surface area contributed by atoms with Gasteiger partial charge in [0.2, 0.25) is 5.91 Å². The van der Waals surface area contributed by atoms with Gasteiger partial charge in [0.25, 0.3) is 0 Å². The molecule has 0 aromatic rings. The van der Waals surface area contributed by atoms with Gasteiger partial charge in [-0.1, -0.05) is 25.7 Å². The predicted molar refractivity (Wildman–Crippen MR) is 68.7 cm³/mol. The van der Waals surface area contributed by atoms with E-state index in [0.717, 1.165) is 19.3 Å². The normalized spacial score (nSPS) is 22.2. The third-order valence-corrected chi connectivity index (χ3v) is 3.47. The molecule has 2 atom stereocenters. The van der Waals surface area contributed by atoms with Crippen LogP contribution in [0.15, 0.2) is 0 Å². The van der Waals surface area contributed by atoms with Crippen LogP contribution >= 0.6 is 11.6 Å². The summed E-state index contributed by atoms with van der Waals surface area (Å²) in [5.41, 5.74) is 0. The topological polar surface area (TPSA) is 29.1 Å². The Morgan fingerprint density at radius 1 is 1.25 bits per heavy atom. The van der Waals surface area contributed by atoms with E-state index < -0.39 is 0 Å². The molecule has 0 bridgehead atoms. The molecule has 1 saturated carbocycles. The van der Waals surface area contributed by atoms with Crippen molar-refractivity contribution in [2.24, 2.45) is 5.92 Å². The maximum Gasteiger partial charge on any atom is 0.223 e. The fourth-order valence-corrected chi connectivity index (χ4v) is 2.72. The number of halogens is 1. The minimum atomic E-state index is 0.129. The van der Waals surface area contributed by atoms with Gasteiger partial charge in [0, 0.05) is 17.3 Å². The molecule has 2 unspecified atom stereocenters. The highest BCUT2D eigenvalue weighted by atomic mass is 35.5. The van der Waals surface area contributed by atoms with Crippen LogP contribution in [0, 0.1) is 5.92 Å². The first kappa shape index (κ1) is 13.8. The van der Waals surface area contributed by atoms with Crippen molar-refractivity contribution in [3.05, 3.63) is 0 Å². The Labute approximate surface area is 104 Å². The fraction of sp³-hybridized carbons (Fsp3) is 0.923. The van der Waals surface area contributed by atoms with Gasteiger partial charge in [-0.3, -0.25) is 4.79 Å². The second-order valence-electron chi connectivity index (χ2n) is 5.11. The van der Waals surface area contributed by atoms with E-state index in [9.17, 15) is 4.79 Å². The number of carbonyl (C=O) groups excluding carboxylic acids is 1. The number of carbonyl (C=O) groups is 1. The maximum absolute atomic E-state index is 12.0. The van der Waals surface area contributed by atoms with E-state index in [1.807, 2.05) is 13.8 Å². The summed E-state index contributed by atoms with van der Waals surface area (Å²) in [7, 11) is 0. The highest BCUT2D eigenvalue weighted by molar-refractivity contribution is 6.20. The second-order valence-corrected chi connectivity index (χ2v) is 5.86. The molecule has 1 amide bonds. The van der Waals surface area contributed by atoms with Crippen LogP contribution in [0.2, 0.25) is 0 Å². The van der Waals surface area contributed by atoms with Crippen LogP contribution in [0.3, 0.4) is 0 Å². The molecule has 0 radical (unpaired) electrons. The molecular formula is C13H24ClNO. The highest BCUT2D eigenvalue weighted by Crippen LogP contribution is 2.23. The van der Waals surface area contributed by atoms with Crippen molar-refractivity contribution in [2.45, 2.75) is 70.2 Å². The summed E-state index contributed by atoms with van der Waals surface area (Å²) >= 11 is 5.92. The molecule has 94 valence electrons. The molecule has 1 fully saturated rings. The Morgan fingerprint density at radius 2 is 1.81 bits per heavy atom. The van der Waals surface area contributed by atoms with Crippen molar-refractivity contribution in [1.82, 2.24) is 5.32 Å². The van der Waals surface area contributed by atoms with Crippen molar-refractivity contribution < 1.29 is 4.79 Å². The van der Waals surface area contributed by atoms with E-state index in [0.29, 0.717) is 0 Å². The van der Waals surface area contributed by atoms with Gasteiger partial charge in [-0.25, -0.2) is 0 Å². The lowest BCUT2D eigenvalue weighted by Gasteiger charge is -2.19. The Hall–Kier alpha value is -0.240. The predicted octanol–water partition coefficient (Wildman–Crippen LogP) is 3.48. The number of alkyl halides is 1. The van der Waals surface area contributed by atoms with Crippen molar-refractivity contribution in [1.29, 1.82) is 0 Å². The fourth-order valence-electron chi connectivity index (χ4n) is 2.45. The molecule has 1 aliphatic rings. The molecule has 0 heterocycles. The Bertz CT molecular complexity index is 210. The molecule has 0 spiro atoms. The van der Waals surface area contributed by atoms with Crippen LogP contribution in [0.1, 0.15) is 58.8 Å². The molecule has 2 nitrogen and oxygen atoms in total. The van der Waals surface area contributed by atoms with E-state index in [-0.39, 0.29) is 23.2 Å². The molecule has 0 aromatic carbocycles. The first-order valence-electron chi connectivity index (χ1n) is 6.54. The molecule has 1 N–H and O–H groups in total. The van der Waals surface area contributed by atoms with Gasteiger partial charge >= 0.3 is 0 Å². The van der Waals surface area contributed by atoms with Crippen LogP contribution < -0.4 is 5.32 Å². The third kappa shape index (κ3) is 5.20. The van der Waals surface area contributed by atoms with Gasteiger partial charge < -0.3 is 5.32 Å². The lowest BCUT2D eigenvalue weighted by atomic mass is 9.99. The van der Waals surface area contributed by atoms with Crippen LogP contribution in [-0.4, -0.2) is 17.3 Å². The molecule has 16 heavy (non-hydrogen) atoms. The van der Waals surface area contributed by atoms with Gasteiger partial charge in [0.05, 0.1) is 0 Å². The smallest absolute Gasteiger partial charge is 0.223 e. The highest BCUT2D eigenvalue weighted by Gasteiger charge is 2.21. The molecular weight excluding hydrogens is 222 g/mol. The Morgan fingerprint density at radius 3 is 2.31 bits per heavy atom. The lowest BCUT2D eigenvalue weighted by Crippen LogP contribution is -2.38. The van der Waals surface area contributed by atoms with E-state index in [4.69, 9.17) is 11.6 Å². The van der Waals surface area contributed by atoms with E-state index in [1.54, 1.807) is 0 Å². The monoisotopic (exact) mass is 245 g/mol. The summed E-state index contributed by atoms with van der Waals surface area (Å²) in [6.07, 6.45) is 7.97. The number of rotatable bonds is 4. The van der Waals surface area contributed by atoms with Crippen molar-refractivity contribution in [3.63, 3.8) is 0 Å². The maximum atomic E-state index is 12.0. The molecule has 0 saturated heterocycles. The zero-order valence-corrected chi connectivity index (χ0v) is 11.2. The van der Waals surface area contributed by atoms with E-state index >= 15 is 0 Å². The Kier molecular flexibility index (Phi) is 6.18. The molecule has 3 heteroatoms. The number of hydrogen-bond acceptors (Lipinski definition) is 1. The van der Waals surface area contributed by atoms with Gasteiger partial charge in [0.1, 0.15) is 0 Å². The van der Waals surface area contributed by atoms with E-state index in [2.05, 4.69) is 5.32 Å². The lowest BCUT2D eigenvalue weighted by molar-refractivity contribution is -0.126.